The standard InChI is InChI=1S/C23H37N7O2/c1-5-29(6-2)13-14-32-20-10-7-18(8-11-20)15-25-23(24-3)26-19-9-12-22-27-21(17-31-4)28-30(22)16-19/h7-8,10-11,19H,5-6,9,12-17H2,1-4H3,(H2,24,25,26). The first kappa shape index (κ1) is 24.0. The van der Waals surface area contributed by atoms with Gasteiger partial charge < -0.3 is 25.0 Å². The normalized spacial score (nSPS) is 16.2. The third kappa shape index (κ3) is 6.93. The summed E-state index contributed by atoms with van der Waals surface area (Å²) in [6, 6.07) is 8.49. The second kappa shape index (κ2) is 12.4. The fourth-order valence-electron chi connectivity index (χ4n) is 3.78. The van der Waals surface area contributed by atoms with Gasteiger partial charge in [-0.25, -0.2) is 9.67 Å². The van der Waals surface area contributed by atoms with E-state index in [0.717, 1.165) is 62.4 Å². The molecule has 32 heavy (non-hydrogen) atoms. The van der Waals surface area contributed by atoms with Gasteiger partial charge in [0.05, 0.1) is 6.54 Å². The Hall–Kier alpha value is -2.65. The Bertz CT molecular complexity index is 847. The molecule has 0 saturated heterocycles. The van der Waals surface area contributed by atoms with E-state index in [0.29, 0.717) is 19.8 Å². The quantitative estimate of drug-likeness (QED) is 0.405. The fraction of sp³-hybridized carbons (Fsp3) is 0.609. The van der Waals surface area contributed by atoms with Crippen LogP contribution in [-0.4, -0.2) is 72.1 Å². The Labute approximate surface area is 191 Å². The van der Waals surface area contributed by atoms with Crippen molar-refractivity contribution in [3.63, 3.8) is 0 Å². The highest BCUT2D eigenvalue weighted by Gasteiger charge is 2.22. The highest BCUT2D eigenvalue weighted by atomic mass is 16.5. The van der Waals surface area contributed by atoms with Gasteiger partial charge >= 0.3 is 0 Å². The summed E-state index contributed by atoms with van der Waals surface area (Å²) in [6.07, 6.45) is 1.88. The number of aryl methyl sites for hydroxylation is 1. The van der Waals surface area contributed by atoms with E-state index in [1.165, 1.54) is 5.56 Å². The van der Waals surface area contributed by atoms with Crippen molar-refractivity contribution >= 4 is 5.96 Å². The van der Waals surface area contributed by atoms with Crippen molar-refractivity contribution in [3.8, 4) is 5.75 Å². The lowest BCUT2D eigenvalue weighted by atomic mass is 10.1. The second-order valence-electron chi connectivity index (χ2n) is 7.88. The molecule has 9 heteroatoms. The number of hydrogen-bond donors (Lipinski definition) is 2. The van der Waals surface area contributed by atoms with E-state index >= 15 is 0 Å². The van der Waals surface area contributed by atoms with Gasteiger partial charge in [0.1, 0.15) is 24.8 Å². The summed E-state index contributed by atoms with van der Waals surface area (Å²) >= 11 is 0. The first-order valence-electron chi connectivity index (χ1n) is 11.5. The summed E-state index contributed by atoms with van der Waals surface area (Å²) in [5.74, 6) is 3.46. The van der Waals surface area contributed by atoms with E-state index in [1.807, 2.05) is 16.8 Å². The molecular formula is C23H37N7O2. The van der Waals surface area contributed by atoms with Crippen molar-refractivity contribution in [2.24, 2.45) is 4.99 Å². The number of nitrogens with one attached hydrogen (secondary N) is 2. The summed E-state index contributed by atoms with van der Waals surface area (Å²) in [7, 11) is 3.46. The number of guanidine groups is 1. The Morgan fingerprint density at radius 2 is 2.03 bits per heavy atom. The van der Waals surface area contributed by atoms with Crippen molar-refractivity contribution in [3.05, 3.63) is 41.5 Å². The molecule has 1 aromatic heterocycles. The third-order valence-electron chi connectivity index (χ3n) is 5.69. The predicted molar refractivity (Wildman–Crippen MR) is 126 cm³/mol. The average molecular weight is 444 g/mol. The molecule has 2 N–H and O–H groups in total. The van der Waals surface area contributed by atoms with Gasteiger partial charge in [-0.15, -0.1) is 0 Å². The summed E-state index contributed by atoms with van der Waals surface area (Å²) in [4.78, 5) is 11.3. The smallest absolute Gasteiger partial charge is 0.191 e. The minimum absolute atomic E-state index is 0.257. The molecule has 1 unspecified atom stereocenters. The molecule has 176 valence electrons. The first-order valence-corrected chi connectivity index (χ1v) is 11.5. The van der Waals surface area contributed by atoms with Crippen LogP contribution in [0.2, 0.25) is 0 Å². The summed E-state index contributed by atoms with van der Waals surface area (Å²) in [5.41, 5.74) is 1.18. The molecule has 0 radical (unpaired) electrons. The van der Waals surface area contributed by atoms with Gasteiger partial charge in [0.2, 0.25) is 0 Å². The number of benzene rings is 1. The predicted octanol–water partition coefficient (Wildman–Crippen LogP) is 1.83. The van der Waals surface area contributed by atoms with Gasteiger partial charge in [0.15, 0.2) is 11.8 Å². The Morgan fingerprint density at radius 3 is 2.72 bits per heavy atom. The zero-order chi connectivity index (χ0) is 22.8. The van der Waals surface area contributed by atoms with Crippen molar-refractivity contribution in [2.45, 2.75) is 52.4 Å². The summed E-state index contributed by atoms with van der Waals surface area (Å²) in [5, 5.41) is 11.4. The Kier molecular flexibility index (Phi) is 9.30. The average Bonchev–Trinajstić information content (AvgIpc) is 3.22. The molecule has 0 aliphatic carbocycles. The number of methoxy groups -OCH3 is 1. The number of likely N-dealkylation sites (N-methyl/N-ethyl adjacent to an activating group) is 1. The zero-order valence-corrected chi connectivity index (χ0v) is 19.8. The van der Waals surface area contributed by atoms with E-state index in [4.69, 9.17) is 9.47 Å². The van der Waals surface area contributed by atoms with Gasteiger partial charge in [-0.3, -0.25) is 4.99 Å². The molecule has 2 heterocycles. The number of aliphatic imine (C=N–C) groups is 1. The van der Waals surface area contributed by atoms with Crippen LogP contribution in [0.4, 0.5) is 0 Å². The molecule has 0 amide bonds. The van der Waals surface area contributed by atoms with E-state index in [1.54, 1.807) is 14.2 Å². The van der Waals surface area contributed by atoms with Gasteiger partial charge in [-0.05, 0) is 37.2 Å². The Balaban J connectivity index is 1.43. The largest absolute Gasteiger partial charge is 0.492 e. The molecule has 1 aliphatic heterocycles. The maximum Gasteiger partial charge on any atom is 0.191 e. The van der Waals surface area contributed by atoms with Crippen molar-refractivity contribution < 1.29 is 9.47 Å². The molecule has 0 saturated carbocycles. The van der Waals surface area contributed by atoms with Crippen LogP contribution in [0.1, 0.15) is 37.5 Å². The van der Waals surface area contributed by atoms with Crippen LogP contribution >= 0.6 is 0 Å². The second-order valence-corrected chi connectivity index (χ2v) is 7.88. The number of rotatable bonds is 11. The van der Waals surface area contributed by atoms with E-state index in [2.05, 4.69) is 56.6 Å². The summed E-state index contributed by atoms with van der Waals surface area (Å²) < 4.78 is 13.0. The maximum atomic E-state index is 5.87. The van der Waals surface area contributed by atoms with Gasteiger partial charge in [-0.1, -0.05) is 26.0 Å². The number of ether oxygens (including phenoxy) is 2. The van der Waals surface area contributed by atoms with Crippen LogP contribution in [0.15, 0.2) is 29.3 Å². The lowest BCUT2D eigenvalue weighted by Gasteiger charge is -2.25. The molecule has 3 rings (SSSR count). The zero-order valence-electron chi connectivity index (χ0n) is 19.8. The molecule has 0 fully saturated rings. The molecular weight excluding hydrogens is 406 g/mol. The van der Waals surface area contributed by atoms with Gasteiger partial charge in [0.25, 0.3) is 0 Å². The molecule has 1 aliphatic rings. The van der Waals surface area contributed by atoms with E-state index in [9.17, 15) is 0 Å². The van der Waals surface area contributed by atoms with Crippen LogP contribution in [0.3, 0.4) is 0 Å². The van der Waals surface area contributed by atoms with Crippen LogP contribution < -0.4 is 15.4 Å². The Morgan fingerprint density at radius 1 is 1.25 bits per heavy atom. The van der Waals surface area contributed by atoms with Gasteiger partial charge in [0, 0.05) is 39.7 Å². The van der Waals surface area contributed by atoms with Crippen LogP contribution in [0.25, 0.3) is 0 Å². The SMILES string of the molecule is CCN(CC)CCOc1ccc(CNC(=NC)NC2CCc3nc(COC)nn3C2)cc1. The first-order chi connectivity index (χ1) is 15.6. The van der Waals surface area contributed by atoms with Crippen molar-refractivity contribution in [1.82, 2.24) is 30.3 Å². The minimum atomic E-state index is 0.257. The molecule has 0 bridgehead atoms. The molecule has 0 spiro atoms. The van der Waals surface area contributed by atoms with E-state index < -0.39 is 0 Å². The monoisotopic (exact) mass is 443 g/mol. The number of aromatic nitrogens is 3. The van der Waals surface area contributed by atoms with Crippen LogP contribution in [0, 0.1) is 0 Å². The number of nitrogens with zero attached hydrogens (tertiary/aromatic N) is 5. The lowest BCUT2D eigenvalue weighted by molar-refractivity contribution is 0.177. The van der Waals surface area contributed by atoms with Crippen molar-refractivity contribution in [1.29, 1.82) is 0 Å². The molecule has 2 aromatic rings. The van der Waals surface area contributed by atoms with Crippen molar-refractivity contribution in [2.75, 3.05) is 40.4 Å². The van der Waals surface area contributed by atoms with Crippen LogP contribution in [0.5, 0.6) is 5.75 Å². The number of hydrogen-bond acceptors (Lipinski definition) is 6. The molecule has 9 nitrogen and oxygen atoms in total. The van der Waals surface area contributed by atoms with E-state index in [-0.39, 0.29) is 6.04 Å². The minimum Gasteiger partial charge on any atom is -0.492 e. The lowest BCUT2D eigenvalue weighted by Crippen LogP contribution is -2.46. The molecule has 1 atom stereocenters. The van der Waals surface area contributed by atoms with Crippen LogP contribution in [-0.2, 0) is 30.9 Å². The highest BCUT2D eigenvalue weighted by Crippen LogP contribution is 2.14. The summed E-state index contributed by atoms with van der Waals surface area (Å²) in [6.45, 7) is 10.0. The third-order valence-corrected chi connectivity index (χ3v) is 5.69. The number of fused-ring (bicyclic) bond motifs is 1. The fourth-order valence-corrected chi connectivity index (χ4v) is 3.78. The molecule has 1 aromatic carbocycles. The highest BCUT2D eigenvalue weighted by molar-refractivity contribution is 5.79. The van der Waals surface area contributed by atoms with Gasteiger partial charge in [-0.2, -0.15) is 5.10 Å². The maximum absolute atomic E-state index is 5.87. The topological polar surface area (TPSA) is 88.8 Å².